The van der Waals surface area contributed by atoms with Gasteiger partial charge in [0.05, 0.1) is 0 Å². The van der Waals surface area contributed by atoms with E-state index in [2.05, 4.69) is 40.0 Å². The second-order valence-electron chi connectivity index (χ2n) is 3.03. The highest BCUT2D eigenvalue weighted by Crippen LogP contribution is 2.10. The zero-order chi connectivity index (χ0) is 8.81. The third-order valence-corrected chi connectivity index (χ3v) is 2.27. The Labute approximate surface area is 82.3 Å². The van der Waals surface area contributed by atoms with E-state index in [1.165, 1.54) is 24.8 Å². The number of rotatable bonds is 4. The summed E-state index contributed by atoms with van der Waals surface area (Å²) in [5.41, 5.74) is 1.39. The van der Waals surface area contributed by atoms with E-state index in [4.69, 9.17) is 0 Å². The predicted molar refractivity (Wildman–Crippen MR) is 55.6 cm³/mol. The number of pyridine rings is 1. The van der Waals surface area contributed by atoms with Crippen molar-refractivity contribution >= 4 is 15.9 Å². The summed E-state index contributed by atoms with van der Waals surface area (Å²) in [7, 11) is 0. The second kappa shape index (κ2) is 5.31. The molecule has 0 fully saturated rings. The van der Waals surface area contributed by atoms with Crippen LogP contribution in [0.15, 0.2) is 24.5 Å². The minimum absolute atomic E-state index is 0.638. The Morgan fingerprint density at radius 2 is 2.08 bits per heavy atom. The molecule has 0 aromatic carbocycles. The average molecular weight is 228 g/mol. The van der Waals surface area contributed by atoms with E-state index in [0.717, 1.165) is 0 Å². The lowest BCUT2D eigenvalue weighted by atomic mass is 10.1. The number of hydrogen-bond acceptors (Lipinski definition) is 1. The van der Waals surface area contributed by atoms with Crippen molar-refractivity contribution in [3.05, 3.63) is 30.1 Å². The van der Waals surface area contributed by atoms with Crippen LogP contribution in [0.25, 0.3) is 0 Å². The van der Waals surface area contributed by atoms with Gasteiger partial charge in [0.25, 0.3) is 0 Å². The molecule has 0 saturated carbocycles. The molecule has 1 aromatic rings. The van der Waals surface area contributed by atoms with Crippen molar-refractivity contribution in [2.24, 2.45) is 0 Å². The minimum Gasteiger partial charge on any atom is -0.265 e. The fourth-order valence-electron chi connectivity index (χ4n) is 1.14. The van der Waals surface area contributed by atoms with Crippen molar-refractivity contribution in [1.29, 1.82) is 0 Å². The van der Waals surface area contributed by atoms with E-state index >= 15 is 0 Å². The summed E-state index contributed by atoms with van der Waals surface area (Å²) in [4.78, 5) is 4.62. The maximum absolute atomic E-state index is 3.98. The summed E-state index contributed by atoms with van der Waals surface area (Å²) >= 11 is 3.54. The molecule has 0 aliphatic carbocycles. The summed E-state index contributed by atoms with van der Waals surface area (Å²) in [6.07, 6.45) is 7.36. The van der Waals surface area contributed by atoms with Gasteiger partial charge in [0.2, 0.25) is 0 Å². The fourth-order valence-corrected chi connectivity index (χ4v) is 1.46. The highest BCUT2D eigenvalue weighted by Gasteiger charge is 1.96. The van der Waals surface area contributed by atoms with Crippen molar-refractivity contribution in [2.45, 2.75) is 31.0 Å². The van der Waals surface area contributed by atoms with Gasteiger partial charge >= 0.3 is 0 Å². The zero-order valence-electron chi connectivity index (χ0n) is 7.33. The molecule has 1 nitrogen and oxygen atoms in total. The highest BCUT2D eigenvalue weighted by atomic mass is 79.9. The number of aryl methyl sites for hydroxylation is 1. The van der Waals surface area contributed by atoms with Crippen LogP contribution >= 0.6 is 15.9 Å². The second-order valence-corrected chi connectivity index (χ2v) is 4.59. The van der Waals surface area contributed by atoms with Gasteiger partial charge in [-0.05, 0) is 37.0 Å². The van der Waals surface area contributed by atoms with Gasteiger partial charge in [-0.2, -0.15) is 0 Å². The quantitative estimate of drug-likeness (QED) is 0.721. The topological polar surface area (TPSA) is 12.9 Å². The van der Waals surface area contributed by atoms with Gasteiger partial charge in [0.15, 0.2) is 0 Å². The van der Waals surface area contributed by atoms with Crippen LogP contribution in [-0.4, -0.2) is 9.81 Å². The minimum atomic E-state index is 0.638. The summed E-state index contributed by atoms with van der Waals surface area (Å²) in [5, 5.41) is 0. The van der Waals surface area contributed by atoms with Gasteiger partial charge in [-0.1, -0.05) is 22.9 Å². The van der Waals surface area contributed by atoms with Gasteiger partial charge in [0.1, 0.15) is 0 Å². The van der Waals surface area contributed by atoms with E-state index in [9.17, 15) is 0 Å². The monoisotopic (exact) mass is 227 g/mol. The molecule has 0 bridgehead atoms. The van der Waals surface area contributed by atoms with Crippen LogP contribution in [0.4, 0.5) is 0 Å². The maximum Gasteiger partial charge on any atom is 0.0270 e. The predicted octanol–water partition coefficient (Wildman–Crippen LogP) is 3.19. The average Bonchev–Trinajstić information content (AvgIpc) is 2.05. The number of aromatic nitrogens is 1. The van der Waals surface area contributed by atoms with Gasteiger partial charge in [-0.25, -0.2) is 0 Å². The zero-order valence-corrected chi connectivity index (χ0v) is 8.92. The number of nitrogens with zero attached hydrogens (tertiary/aromatic N) is 1. The number of alkyl halides is 1. The first kappa shape index (κ1) is 9.72. The van der Waals surface area contributed by atoms with Crippen molar-refractivity contribution in [3.8, 4) is 0 Å². The van der Waals surface area contributed by atoms with Crippen LogP contribution in [0.5, 0.6) is 0 Å². The van der Waals surface area contributed by atoms with Crippen LogP contribution in [-0.2, 0) is 6.42 Å². The van der Waals surface area contributed by atoms with Crippen LogP contribution in [0.2, 0.25) is 0 Å². The van der Waals surface area contributed by atoms with Crippen molar-refractivity contribution in [1.82, 2.24) is 4.98 Å². The summed E-state index contributed by atoms with van der Waals surface area (Å²) in [5.74, 6) is 0. The lowest BCUT2D eigenvalue weighted by molar-refractivity contribution is 0.735. The largest absolute Gasteiger partial charge is 0.265 e. The van der Waals surface area contributed by atoms with E-state index in [1.807, 2.05) is 12.4 Å². The normalized spacial score (nSPS) is 12.8. The Morgan fingerprint density at radius 3 is 2.67 bits per heavy atom. The first-order valence-corrected chi connectivity index (χ1v) is 5.23. The Hall–Kier alpha value is -0.370. The van der Waals surface area contributed by atoms with Crippen LogP contribution in [0, 0.1) is 0 Å². The van der Waals surface area contributed by atoms with Gasteiger partial charge < -0.3 is 0 Å². The molecule has 12 heavy (non-hydrogen) atoms. The van der Waals surface area contributed by atoms with Crippen molar-refractivity contribution in [3.63, 3.8) is 0 Å². The molecule has 0 N–H and O–H groups in total. The molecule has 0 spiro atoms. The van der Waals surface area contributed by atoms with Gasteiger partial charge in [0, 0.05) is 17.2 Å². The molecule has 0 amide bonds. The molecule has 1 atom stereocenters. The Kier molecular flexibility index (Phi) is 4.30. The fraction of sp³-hybridized carbons (Fsp3) is 0.500. The molecule has 0 saturated heterocycles. The molecule has 66 valence electrons. The van der Waals surface area contributed by atoms with Crippen molar-refractivity contribution in [2.75, 3.05) is 0 Å². The molecule has 0 aliphatic heterocycles. The molecular weight excluding hydrogens is 214 g/mol. The summed E-state index contributed by atoms with van der Waals surface area (Å²) < 4.78 is 0. The van der Waals surface area contributed by atoms with E-state index < -0.39 is 0 Å². The lowest BCUT2D eigenvalue weighted by Crippen LogP contribution is -1.92. The molecule has 1 rings (SSSR count). The van der Waals surface area contributed by atoms with Gasteiger partial charge in [-0.15, -0.1) is 0 Å². The standard InChI is InChI=1S/C10H14BrN/c1-9(11)3-2-4-10-5-7-12-8-6-10/h5-9H,2-4H2,1H3. The summed E-state index contributed by atoms with van der Waals surface area (Å²) in [6, 6.07) is 4.16. The number of halogens is 1. The smallest absolute Gasteiger partial charge is 0.0270 e. The van der Waals surface area contributed by atoms with E-state index in [1.54, 1.807) is 0 Å². The van der Waals surface area contributed by atoms with E-state index in [0.29, 0.717) is 4.83 Å². The van der Waals surface area contributed by atoms with Crippen LogP contribution in [0.1, 0.15) is 25.3 Å². The SMILES string of the molecule is CC(Br)CCCc1ccncc1. The van der Waals surface area contributed by atoms with Crippen molar-refractivity contribution < 1.29 is 0 Å². The third kappa shape index (κ3) is 3.86. The summed E-state index contributed by atoms with van der Waals surface area (Å²) in [6.45, 7) is 2.19. The lowest BCUT2D eigenvalue weighted by Gasteiger charge is -2.02. The van der Waals surface area contributed by atoms with Crippen LogP contribution in [0.3, 0.4) is 0 Å². The molecule has 2 heteroatoms. The molecule has 0 radical (unpaired) electrons. The first-order valence-electron chi connectivity index (χ1n) is 4.32. The van der Waals surface area contributed by atoms with Gasteiger partial charge in [-0.3, -0.25) is 4.98 Å². The van der Waals surface area contributed by atoms with E-state index in [-0.39, 0.29) is 0 Å². The molecule has 0 aliphatic rings. The first-order chi connectivity index (χ1) is 5.79. The maximum atomic E-state index is 3.98. The Morgan fingerprint density at radius 1 is 1.42 bits per heavy atom. The number of hydrogen-bond donors (Lipinski definition) is 0. The molecular formula is C10H14BrN. The highest BCUT2D eigenvalue weighted by molar-refractivity contribution is 9.09. The molecule has 1 heterocycles. The third-order valence-electron chi connectivity index (χ3n) is 1.82. The Balaban J connectivity index is 2.25. The van der Waals surface area contributed by atoms with Crippen LogP contribution < -0.4 is 0 Å². The Bertz CT molecular complexity index is 208. The molecule has 1 aromatic heterocycles. The molecule has 1 unspecified atom stereocenters.